The first kappa shape index (κ1) is 14.8. The molecule has 0 radical (unpaired) electrons. The molecule has 5 heteroatoms. The lowest BCUT2D eigenvalue weighted by molar-refractivity contribution is 0.200. The predicted octanol–water partition coefficient (Wildman–Crippen LogP) is 3.67. The van der Waals surface area contributed by atoms with Crippen LogP contribution in [0.15, 0.2) is 71.3 Å². The number of nitrogens with one attached hydrogen (secondary N) is 1. The van der Waals surface area contributed by atoms with E-state index in [9.17, 15) is 4.79 Å². The SMILES string of the molecule is O=C(NCCc1cc(-c2ccccc2)on1)Oc1ccccc1. The number of aromatic nitrogens is 1. The highest BCUT2D eigenvalue weighted by molar-refractivity contribution is 5.70. The van der Waals surface area contributed by atoms with Crippen LogP contribution in [0.2, 0.25) is 0 Å². The molecule has 116 valence electrons. The normalized spacial score (nSPS) is 10.3. The van der Waals surface area contributed by atoms with Crippen LogP contribution < -0.4 is 10.1 Å². The number of amides is 1. The van der Waals surface area contributed by atoms with Gasteiger partial charge < -0.3 is 14.6 Å². The van der Waals surface area contributed by atoms with Crippen molar-refractivity contribution in [2.45, 2.75) is 6.42 Å². The number of para-hydroxylation sites is 1. The maximum absolute atomic E-state index is 11.7. The van der Waals surface area contributed by atoms with E-state index < -0.39 is 6.09 Å². The highest BCUT2D eigenvalue weighted by Crippen LogP contribution is 2.19. The first-order chi connectivity index (χ1) is 11.3. The van der Waals surface area contributed by atoms with E-state index in [-0.39, 0.29) is 0 Å². The summed E-state index contributed by atoms with van der Waals surface area (Å²) in [5.41, 5.74) is 1.76. The summed E-state index contributed by atoms with van der Waals surface area (Å²) in [5, 5.41) is 6.69. The first-order valence-electron chi connectivity index (χ1n) is 7.33. The standard InChI is InChI=1S/C18H16N2O3/c21-18(22-16-9-5-2-6-10-16)19-12-11-15-13-17(23-20-15)14-7-3-1-4-8-14/h1-10,13H,11-12H2,(H,19,21). The van der Waals surface area contributed by atoms with Gasteiger partial charge in [0.25, 0.3) is 0 Å². The van der Waals surface area contributed by atoms with E-state index in [1.165, 1.54) is 0 Å². The van der Waals surface area contributed by atoms with Gasteiger partial charge in [0, 0.05) is 24.6 Å². The molecule has 0 fully saturated rings. The Morgan fingerprint density at radius 1 is 1.04 bits per heavy atom. The Balaban J connectivity index is 1.48. The van der Waals surface area contributed by atoms with E-state index >= 15 is 0 Å². The molecular weight excluding hydrogens is 292 g/mol. The number of carbonyl (C=O) groups excluding carboxylic acids is 1. The van der Waals surface area contributed by atoms with Gasteiger partial charge in [-0.05, 0) is 12.1 Å². The molecule has 23 heavy (non-hydrogen) atoms. The number of carbonyl (C=O) groups is 1. The number of benzene rings is 2. The Hall–Kier alpha value is -3.08. The molecule has 0 aliphatic rings. The molecule has 0 spiro atoms. The fourth-order valence-electron chi connectivity index (χ4n) is 2.09. The van der Waals surface area contributed by atoms with Crippen molar-refractivity contribution in [3.8, 4) is 17.1 Å². The van der Waals surface area contributed by atoms with Crippen LogP contribution in [0.4, 0.5) is 4.79 Å². The van der Waals surface area contributed by atoms with Crippen molar-refractivity contribution in [3.05, 3.63) is 72.4 Å². The summed E-state index contributed by atoms with van der Waals surface area (Å²) < 4.78 is 10.4. The van der Waals surface area contributed by atoms with Gasteiger partial charge in [0.15, 0.2) is 5.76 Å². The molecule has 0 aliphatic carbocycles. The van der Waals surface area contributed by atoms with Crippen molar-refractivity contribution in [1.82, 2.24) is 10.5 Å². The smallest absolute Gasteiger partial charge is 0.410 e. The van der Waals surface area contributed by atoms with Crippen LogP contribution >= 0.6 is 0 Å². The van der Waals surface area contributed by atoms with Gasteiger partial charge in [-0.3, -0.25) is 0 Å². The third-order valence-electron chi connectivity index (χ3n) is 3.22. The monoisotopic (exact) mass is 308 g/mol. The number of hydrogen-bond acceptors (Lipinski definition) is 4. The molecule has 1 N–H and O–H groups in total. The lowest BCUT2D eigenvalue weighted by atomic mass is 10.1. The number of ether oxygens (including phenoxy) is 1. The highest BCUT2D eigenvalue weighted by Gasteiger charge is 2.08. The molecule has 0 atom stereocenters. The average molecular weight is 308 g/mol. The molecule has 1 aromatic heterocycles. The van der Waals surface area contributed by atoms with Crippen molar-refractivity contribution in [2.75, 3.05) is 6.54 Å². The van der Waals surface area contributed by atoms with Crippen LogP contribution in [0, 0.1) is 0 Å². The highest BCUT2D eigenvalue weighted by atomic mass is 16.6. The molecule has 1 heterocycles. The van der Waals surface area contributed by atoms with E-state index in [0.29, 0.717) is 24.5 Å². The Kier molecular flexibility index (Phi) is 4.69. The molecule has 0 aliphatic heterocycles. The maximum atomic E-state index is 11.7. The molecule has 2 aromatic carbocycles. The molecule has 0 bridgehead atoms. The van der Waals surface area contributed by atoms with Crippen LogP contribution in [-0.4, -0.2) is 17.8 Å². The fraction of sp³-hybridized carbons (Fsp3) is 0.111. The quantitative estimate of drug-likeness (QED) is 0.781. The lowest BCUT2D eigenvalue weighted by Crippen LogP contribution is -2.28. The van der Waals surface area contributed by atoms with Crippen LogP contribution in [0.3, 0.4) is 0 Å². The molecular formula is C18H16N2O3. The summed E-state index contributed by atoms with van der Waals surface area (Å²) in [6, 6.07) is 20.6. The van der Waals surface area contributed by atoms with Gasteiger partial charge in [0.1, 0.15) is 5.75 Å². The zero-order chi connectivity index (χ0) is 15.9. The Morgan fingerprint density at radius 3 is 2.48 bits per heavy atom. The van der Waals surface area contributed by atoms with Gasteiger partial charge in [-0.25, -0.2) is 4.79 Å². The van der Waals surface area contributed by atoms with Gasteiger partial charge in [-0.2, -0.15) is 0 Å². The first-order valence-corrected chi connectivity index (χ1v) is 7.33. The Morgan fingerprint density at radius 2 is 1.74 bits per heavy atom. The molecule has 3 aromatic rings. The fourth-order valence-corrected chi connectivity index (χ4v) is 2.09. The van der Waals surface area contributed by atoms with Crippen LogP contribution in [0.5, 0.6) is 5.75 Å². The molecule has 1 amide bonds. The van der Waals surface area contributed by atoms with E-state index in [1.807, 2.05) is 54.6 Å². The molecule has 0 saturated heterocycles. The van der Waals surface area contributed by atoms with E-state index in [1.54, 1.807) is 12.1 Å². The molecule has 3 rings (SSSR count). The largest absolute Gasteiger partial charge is 0.412 e. The second-order valence-corrected chi connectivity index (χ2v) is 4.93. The summed E-state index contributed by atoms with van der Waals surface area (Å²) in [4.78, 5) is 11.7. The Labute approximate surface area is 133 Å². The molecule has 0 saturated carbocycles. The predicted molar refractivity (Wildman–Crippen MR) is 86.1 cm³/mol. The number of nitrogens with zero attached hydrogens (tertiary/aromatic N) is 1. The van der Waals surface area contributed by atoms with Crippen molar-refractivity contribution >= 4 is 6.09 Å². The molecule has 0 unspecified atom stereocenters. The van der Waals surface area contributed by atoms with Crippen LogP contribution in [-0.2, 0) is 6.42 Å². The summed E-state index contributed by atoms with van der Waals surface area (Å²) in [6.45, 7) is 0.423. The minimum atomic E-state index is -0.483. The van der Waals surface area contributed by atoms with E-state index in [4.69, 9.17) is 9.26 Å². The van der Waals surface area contributed by atoms with E-state index in [2.05, 4.69) is 10.5 Å². The van der Waals surface area contributed by atoms with Crippen molar-refractivity contribution in [2.24, 2.45) is 0 Å². The van der Waals surface area contributed by atoms with Gasteiger partial charge in [-0.15, -0.1) is 0 Å². The third-order valence-corrected chi connectivity index (χ3v) is 3.22. The van der Waals surface area contributed by atoms with Gasteiger partial charge in [0.05, 0.1) is 5.69 Å². The second kappa shape index (κ2) is 7.26. The van der Waals surface area contributed by atoms with Crippen molar-refractivity contribution in [1.29, 1.82) is 0 Å². The van der Waals surface area contributed by atoms with Crippen molar-refractivity contribution < 1.29 is 14.1 Å². The lowest BCUT2D eigenvalue weighted by Gasteiger charge is -2.05. The summed E-state index contributed by atoms with van der Waals surface area (Å²) in [5.74, 6) is 1.23. The van der Waals surface area contributed by atoms with E-state index in [0.717, 1.165) is 11.3 Å². The minimum absolute atomic E-state index is 0.423. The van der Waals surface area contributed by atoms with Gasteiger partial charge >= 0.3 is 6.09 Å². The topological polar surface area (TPSA) is 64.4 Å². The number of rotatable bonds is 5. The van der Waals surface area contributed by atoms with Crippen LogP contribution in [0.25, 0.3) is 11.3 Å². The summed E-state index contributed by atoms with van der Waals surface area (Å²) >= 11 is 0. The van der Waals surface area contributed by atoms with Gasteiger partial charge in [-0.1, -0.05) is 53.7 Å². The zero-order valence-corrected chi connectivity index (χ0v) is 12.4. The van der Waals surface area contributed by atoms with Crippen molar-refractivity contribution in [3.63, 3.8) is 0 Å². The third kappa shape index (κ3) is 4.20. The van der Waals surface area contributed by atoms with Gasteiger partial charge in [0.2, 0.25) is 0 Å². The zero-order valence-electron chi connectivity index (χ0n) is 12.4. The Bertz CT molecular complexity index is 754. The van der Waals surface area contributed by atoms with Crippen LogP contribution in [0.1, 0.15) is 5.69 Å². The summed E-state index contributed by atoms with van der Waals surface area (Å²) in [7, 11) is 0. The molecule has 5 nitrogen and oxygen atoms in total. The summed E-state index contributed by atoms with van der Waals surface area (Å²) in [6.07, 6.45) is 0.0863. The maximum Gasteiger partial charge on any atom is 0.412 e. The second-order valence-electron chi connectivity index (χ2n) is 4.93. The number of hydrogen-bond donors (Lipinski definition) is 1. The average Bonchev–Trinajstić information content (AvgIpc) is 3.05. The minimum Gasteiger partial charge on any atom is -0.410 e.